The SMILES string of the molecule is CCCCCCCCCCCCC[C@H]1O[C@@H]1[C@@H](O[Si](C)(C)C(C)(C)C)[C@H](CO[Si](C)(C)C(C)(C)C)NS(=O)(=O)c1ccc(C)cc1. The first-order valence-electron chi connectivity index (χ1n) is 18.3. The molecule has 0 bridgehead atoms. The summed E-state index contributed by atoms with van der Waals surface area (Å²) < 4.78 is 50.9. The minimum atomic E-state index is -3.81. The summed E-state index contributed by atoms with van der Waals surface area (Å²) in [6.07, 6.45) is 15.0. The van der Waals surface area contributed by atoms with E-state index in [0.717, 1.165) is 18.4 Å². The smallest absolute Gasteiger partial charge is 0.240 e. The molecule has 1 heterocycles. The molecule has 1 aromatic carbocycles. The Kier molecular flexibility index (Phi) is 16.2. The highest BCUT2D eigenvalue weighted by Gasteiger charge is 2.53. The topological polar surface area (TPSA) is 77.2 Å². The zero-order valence-corrected chi connectivity index (χ0v) is 34.6. The molecule has 0 aromatic heterocycles. The van der Waals surface area contributed by atoms with Crippen molar-refractivity contribution in [2.75, 3.05) is 6.61 Å². The molecule has 4 atom stereocenters. The van der Waals surface area contributed by atoms with Crippen LogP contribution >= 0.6 is 0 Å². The summed E-state index contributed by atoms with van der Waals surface area (Å²) in [4.78, 5) is 0.260. The van der Waals surface area contributed by atoms with E-state index >= 15 is 0 Å². The van der Waals surface area contributed by atoms with Crippen molar-refractivity contribution in [1.29, 1.82) is 0 Å². The van der Waals surface area contributed by atoms with Gasteiger partial charge in [0, 0.05) is 0 Å². The van der Waals surface area contributed by atoms with E-state index in [1.54, 1.807) is 12.1 Å². The third kappa shape index (κ3) is 13.4. The molecule has 0 aliphatic carbocycles. The lowest BCUT2D eigenvalue weighted by atomic mass is 10.0. The Morgan fingerprint density at radius 1 is 0.783 bits per heavy atom. The molecule has 2 rings (SSSR count). The summed E-state index contributed by atoms with van der Waals surface area (Å²) in [6, 6.07) is 6.47. The molecule has 9 heteroatoms. The van der Waals surface area contributed by atoms with Crippen LogP contribution in [-0.4, -0.2) is 56.0 Å². The molecule has 1 aliphatic heterocycles. The molecule has 0 saturated carbocycles. The maximum Gasteiger partial charge on any atom is 0.240 e. The largest absolute Gasteiger partial charge is 0.415 e. The number of epoxide rings is 1. The van der Waals surface area contributed by atoms with E-state index in [1.807, 2.05) is 19.1 Å². The first-order valence-corrected chi connectivity index (χ1v) is 25.6. The minimum absolute atomic E-state index is 0.00314. The fourth-order valence-electron chi connectivity index (χ4n) is 5.28. The Labute approximate surface area is 286 Å². The van der Waals surface area contributed by atoms with Gasteiger partial charge in [0.05, 0.1) is 29.8 Å². The maximum absolute atomic E-state index is 13.8. The van der Waals surface area contributed by atoms with Crippen molar-refractivity contribution in [2.45, 2.75) is 198 Å². The molecule has 268 valence electrons. The van der Waals surface area contributed by atoms with Crippen molar-refractivity contribution in [2.24, 2.45) is 0 Å². The molecule has 0 unspecified atom stereocenters. The van der Waals surface area contributed by atoms with Gasteiger partial charge in [-0.15, -0.1) is 0 Å². The number of ether oxygens (including phenoxy) is 1. The number of hydrogen-bond donors (Lipinski definition) is 1. The van der Waals surface area contributed by atoms with Crippen molar-refractivity contribution in [1.82, 2.24) is 4.72 Å². The normalized spacial score (nSPS) is 19.3. The summed E-state index contributed by atoms with van der Waals surface area (Å²) >= 11 is 0. The lowest BCUT2D eigenvalue weighted by Crippen LogP contribution is -2.57. The molecule has 0 amide bonds. The number of unbranched alkanes of at least 4 members (excludes halogenated alkanes) is 10. The van der Waals surface area contributed by atoms with Crippen molar-refractivity contribution in [3.63, 3.8) is 0 Å². The summed E-state index contributed by atoms with van der Waals surface area (Å²) in [6.45, 7) is 26.7. The standard InChI is InChI=1S/C37H71NO5SSi2/c1-13-14-15-16-17-18-19-20-21-22-23-24-33-35(42-33)34(43-46(11,12)37(6,7)8)32(29-41-45(9,10)36(3,4)5)38-44(39,40)31-27-25-30(2)26-28-31/h25-28,32-35,38H,13-24,29H2,1-12H3/t32-,33+,34-,35-/m0/s1. The zero-order chi connectivity index (χ0) is 34.8. The minimum Gasteiger partial charge on any atom is -0.415 e. The highest BCUT2D eigenvalue weighted by Crippen LogP contribution is 2.42. The van der Waals surface area contributed by atoms with Gasteiger partial charge in [0.2, 0.25) is 10.0 Å². The average molecular weight is 698 g/mol. The van der Waals surface area contributed by atoms with E-state index in [9.17, 15) is 8.42 Å². The monoisotopic (exact) mass is 697 g/mol. The van der Waals surface area contributed by atoms with Crippen LogP contribution in [0.3, 0.4) is 0 Å². The van der Waals surface area contributed by atoms with Crippen LogP contribution in [-0.2, 0) is 23.6 Å². The second kappa shape index (κ2) is 17.9. The fraction of sp³-hybridized carbons (Fsp3) is 0.838. The Bertz CT molecular complexity index is 1130. The summed E-state index contributed by atoms with van der Waals surface area (Å²) in [5, 5.41) is -0.0385. The van der Waals surface area contributed by atoms with Crippen molar-refractivity contribution < 1.29 is 22.0 Å². The van der Waals surface area contributed by atoms with Crippen molar-refractivity contribution >= 4 is 26.7 Å². The molecule has 0 radical (unpaired) electrons. The van der Waals surface area contributed by atoms with Crippen LogP contribution in [0.5, 0.6) is 0 Å². The van der Waals surface area contributed by atoms with E-state index in [-0.39, 0.29) is 33.8 Å². The lowest BCUT2D eigenvalue weighted by Gasteiger charge is -2.42. The van der Waals surface area contributed by atoms with Crippen LogP contribution in [0.25, 0.3) is 0 Å². The quantitative estimate of drug-likeness (QED) is 0.0741. The molecule has 46 heavy (non-hydrogen) atoms. The molecular weight excluding hydrogens is 627 g/mol. The first kappa shape index (κ1) is 41.6. The summed E-state index contributed by atoms with van der Waals surface area (Å²) in [5.41, 5.74) is 1.02. The Morgan fingerprint density at radius 2 is 1.26 bits per heavy atom. The molecule has 1 N–H and O–H groups in total. The van der Waals surface area contributed by atoms with E-state index in [2.05, 4.69) is 79.4 Å². The van der Waals surface area contributed by atoms with Gasteiger partial charge in [-0.1, -0.05) is 137 Å². The van der Waals surface area contributed by atoms with Gasteiger partial charge >= 0.3 is 0 Å². The molecular formula is C37H71NO5SSi2. The zero-order valence-electron chi connectivity index (χ0n) is 31.8. The van der Waals surface area contributed by atoms with Crippen LogP contribution < -0.4 is 4.72 Å². The Balaban J connectivity index is 2.18. The third-order valence-corrected chi connectivity index (χ3v) is 21.2. The van der Waals surface area contributed by atoms with E-state index in [1.165, 1.54) is 64.2 Å². The maximum atomic E-state index is 13.8. The molecule has 6 nitrogen and oxygen atoms in total. The van der Waals surface area contributed by atoms with E-state index < -0.39 is 38.8 Å². The van der Waals surface area contributed by atoms with Gasteiger partial charge < -0.3 is 13.6 Å². The summed E-state index contributed by atoms with van der Waals surface area (Å²) in [5.74, 6) is 0. The van der Waals surface area contributed by atoms with Gasteiger partial charge in [-0.05, 0) is 61.7 Å². The van der Waals surface area contributed by atoms with Gasteiger partial charge in [-0.25, -0.2) is 13.1 Å². The molecule has 0 spiro atoms. The highest BCUT2D eigenvalue weighted by atomic mass is 32.2. The number of aryl methyl sites for hydroxylation is 1. The Hall–Kier alpha value is -0.556. The number of nitrogens with one attached hydrogen (secondary N) is 1. The van der Waals surface area contributed by atoms with Gasteiger partial charge in [0.1, 0.15) is 6.10 Å². The van der Waals surface area contributed by atoms with E-state index in [4.69, 9.17) is 13.6 Å². The average Bonchev–Trinajstić information content (AvgIpc) is 3.71. The van der Waals surface area contributed by atoms with Crippen molar-refractivity contribution in [3.8, 4) is 0 Å². The second-order valence-electron chi connectivity index (χ2n) is 16.9. The number of sulfonamides is 1. The van der Waals surface area contributed by atoms with Gasteiger partial charge in [-0.3, -0.25) is 0 Å². The second-order valence-corrected chi connectivity index (χ2v) is 28.2. The predicted molar refractivity (Wildman–Crippen MR) is 200 cm³/mol. The van der Waals surface area contributed by atoms with Crippen LogP contribution in [0.4, 0.5) is 0 Å². The molecule has 1 aliphatic rings. The number of benzene rings is 1. The van der Waals surface area contributed by atoms with Crippen molar-refractivity contribution in [3.05, 3.63) is 29.8 Å². The fourth-order valence-corrected chi connectivity index (χ4v) is 8.87. The summed E-state index contributed by atoms with van der Waals surface area (Å²) in [7, 11) is -8.27. The van der Waals surface area contributed by atoms with Crippen LogP contribution in [0, 0.1) is 6.92 Å². The van der Waals surface area contributed by atoms with Crippen LogP contribution in [0.1, 0.15) is 131 Å². The molecule has 1 aromatic rings. The molecule has 1 fully saturated rings. The molecule has 1 saturated heterocycles. The van der Waals surface area contributed by atoms with Gasteiger partial charge in [0.15, 0.2) is 16.6 Å². The Morgan fingerprint density at radius 3 is 1.74 bits per heavy atom. The predicted octanol–water partition coefficient (Wildman–Crippen LogP) is 10.5. The first-order chi connectivity index (χ1) is 21.2. The van der Waals surface area contributed by atoms with Crippen LogP contribution in [0.2, 0.25) is 36.3 Å². The number of hydrogen-bond acceptors (Lipinski definition) is 5. The van der Waals surface area contributed by atoms with Gasteiger partial charge in [0.25, 0.3) is 0 Å². The third-order valence-electron chi connectivity index (χ3n) is 10.7. The van der Waals surface area contributed by atoms with E-state index in [0.29, 0.717) is 0 Å². The van der Waals surface area contributed by atoms with Crippen LogP contribution in [0.15, 0.2) is 29.2 Å². The number of rotatable bonds is 22. The van der Waals surface area contributed by atoms with Gasteiger partial charge in [-0.2, -0.15) is 0 Å². The highest BCUT2D eigenvalue weighted by molar-refractivity contribution is 7.89. The lowest BCUT2D eigenvalue weighted by molar-refractivity contribution is 0.0857.